The number of benzene rings is 2. The van der Waals surface area contributed by atoms with Crippen LogP contribution in [0.4, 0.5) is 11.4 Å². The van der Waals surface area contributed by atoms with E-state index in [4.69, 9.17) is 5.10 Å². The number of pyridine rings is 1. The van der Waals surface area contributed by atoms with E-state index in [-0.39, 0.29) is 11.8 Å². The highest BCUT2D eigenvalue weighted by Crippen LogP contribution is 2.35. The second-order valence-electron chi connectivity index (χ2n) is 10.6. The molecule has 1 aliphatic heterocycles. The standard InChI is InChI=1S/C30H31N7O/c1-36-10-12-37(13-11-36)28-7-3-6-25-23(28)16-27(33-25)29-24-15-20(8-9-26(24)34-35-29)21-14-22(18-31-17-21)32-30(38)19-4-2-5-19/h3,6-9,14-19,33H,2,4-5,10-13H2,1H3,(H,32,38)(H,34,35). The number of H-pyrrole nitrogens is 2. The number of nitrogens with zero attached hydrogens (tertiary/aromatic N) is 4. The van der Waals surface area contributed by atoms with Gasteiger partial charge in [-0.2, -0.15) is 5.10 Å². The largest absolute Gasteiger partial charge is 0.368 e. The minimum atomic E-state index is 0.0949. The minimum Gasteiger partial charge on any atom is -0.368 e. The third-order valence-corrected chi connectivity index (χ3v) is 8.12. The summed E-state index contributed by atoms with van der Waals surface area (Å²) in [5.74, 6) is 0.231. The topological polar surface area (TPSA) is 92.9 Å². The smallest absolute Gasteiger partial charge is 0.227 e. The van der Waals surface area contributed by atoms with Crippen molar-refractivity contribution in [2.75, 3.05) is 43.4 Å². The van der Waals surface area contributed by atoms with Crippen molar-refractivity contribution >= 4 is 39.1 Å². The van der Waals surface area contributed by atoms with Gasteiger partial charge in [0.05, 0.1) is 23.1 Å². The van der Waals surface area contributed by atoms with Crippen molar-refractivity contribution in [2.24, 2.45) is 5.92 Å². The molecule has 8 heteroatoms. The predicted molar refractivity (Wildman–Crippen MR) is 152 cm³/mol. The third kappa shape index (κ3) is 4.11. The average molecular weight is 506 g/mol. The zero-order valence-electron chi connectivity index (χ0n) is 21.5. The molecule has 8 nitrogen and oxygen atoms in total. The number of likely N-dealkylation sites (N-methyl/N-ethyl adjacent to an activating group) is 1. The summed E-state index contributed by atoms with van der Waals surface area (Å²) in [7, 11) is 2.18. The molecule has 192 valence electrons. The first-order valence-electron chi connectivity index (χ1n) is 13.4. The van der Waals surface area contributed by atoms with Crippen LogP contribution in [0.2, 0.25) is 0 Å². The number of aromatic nitrogens is 4. The average Bonchev–Trinajstić information content (AvgIpc) is 3.52. The molecule has 1 saturated heterocycles. The normalized spacial score (nSPS) is 16.7. The monoisotopic (exact) mass is 505 g/mol. The minimum absolute atomic E-state index is 0.0949. The molecular weight excluding hydrogens is 474 g/mol. The van der Waals surface area contributed by atoms with Crippen LogP contribution in [-0.2, 0) is 4.79 Å². The van der Waals surface area contributed by atoms with Crippen molar-refractivity contribution in [3.63, 3.8) is 0 Å². The van der Waals surface area contributed by atoms with Gasteiger partial charge in [0.1, 0.15) is 5.69 Å². The maximum atomic E-state index is 12.4. The zero-order valence-corrected chi connectivity index (χ0v) is 21.5. The lowest BCUT2D eigenvalue weighted by Gasteiger charge is -2.34. The Kier molecular flexibility index (Phi) is 5.62. The van der Waals surface area contributed by atoms with Crippen molar-refractivity contribution < 1.29 is 4.79 Å². The van der Waals surface area contributed by atoms with Crippen LogP contribution in [-0.4, -0.2) is 64.2 Å². The van der Waals surface area contributed by atoms with Gasteiger partial charge in [0.2, 0.25) is 5.91 Å². The molecule has 0 spiro atoms. The lowest BCUT2D eigenvalue weighted by atomic mass is 9.85. The molecule has 2 fully saturated rings. The molecule has 1 amide bonds. The third-order valence-electron chi connectivity index (χ3n) is 8.12. The van der Waals surface area contributed by atoms with E-state index in [1.165, 1.54) is 11.1 Å². The number of hydrogen-bond donors (Lipinski definition) is 3. The molecule has 4 heterocycles. The van der Waals surface area contributed by atoms with Crippen LogP contribution >= 0.6 is 0 Å². The molecule has 0 unspecified atom stereocenters. The molecule has 1 saturated carbocycles. The van der Waals surface area contributed by atoms with Crippen LogP contribution in [0, 0.1) is 5.92 Å². The second-order valence-corrected chi connectivity index (χ2v) is 10.6. The first-order chi connectivity index (χ1) is 18.6. The number of nitrogens with one attached hydrogen (secondary N) is 3. The summed E-state index contributed by atoms with van der Waals surface area (Å²) in [6, 6.07) is 17.0. The van der Waals surface area contributed by atoms with Crippen LogP contribution in [0.15, 0.2) is 60.9 Å². The number of hydrogen-bond acceptors (Lipinski definition) is 5. The van der Waals surface area contributed by atoms with Crippen LogP contribution in [0.3, 0.4) is 0 Å². The van der Waals surface area contributed by atoms with E-state index in [1.54, 1.807) is 6.20 Å². The summed E-state index contributed by atoms with van der Waals surface area (Å²) in [6.07, 6.45) is 6.64. The van der Waals surface area contributed by atoms with E-state index in [2.05, 4.69) is 79.7 Å². The van der Waals surface area contributed by atoms with Crippen LogP contribution < -0.4 is 10.2 Å². The molecule has 2 aromatic carbocycles. The highest BCUT2D eigenvalue weighted by molar-refractivity contribution is 6.01. The molecule has 5 aromatic rings. The van der Waals surface area contributed by atoms with Gasteiger partial charge < -0.3 is 20.1 Å². The number of anilines is 2. The lowest BCUT2D eigenvalue weighted by molar-refractivity contribution is -0.122. The lowest BCUT2D eigenvalue weighted by Crippen LogP contribution is -2.44. The first-order valence-corrected chi connectivity index (χ1v) is 13.4. The maximum Gasteiger partial charge on any atom is 0.227 e. The van der Waals surface area contributed by atoms with Crippen molar-refractivity contribution in [1.29, 1.82) is 0 Å². The highest BCUT2D eigenvalue weighted by Gasteiger charge is 2.25. The summed E-state index contributed by atoms with van der Waals surface area (Å²) in [6.45, 7) is 4.19. The van der Waals surface area contributed by atoms with Gasteiger partial charge in [0, 0.05) is 65.8 Å². The summed E-state index contributed by atoms with van der Waals surface area (Å²) in [4.78, 5) is 25.3. The number of piperazine rings is 1. The fourth-order valence-corrected chi connectivity index (χ4v) is 5.57. The molecular formula is C30H31N7O. The van der Waals surface area contributed by atoms with Gasteiger partial charge in [-0.3, -0.25) is 14.9 Å². The molecule has 0 radical (unpaired) electrons. The first kappa shape index (κ1) is 23.0. The molecule has 38 heavy (non-hydrogen) atoms. The number of amides is 1. The number of rotatable bonds is 5. The van der Waals surface area contributed by atoms with Gasteiger partial charge in [0.15, 0.2) is 0 Å². The SMILES string of the molecule is CN1CCN(c2cccc3[nH]c(-c4n[nH]c5ccc(-c6cncc(NC(=O)C7CCC7)c6)cc45)cc23)CC1. The second kappa shape index (κ2) is 9.29. The van der Waals surface area contributed by atoms with Crippen molar-refractivity contribution in [2.45, 2.75) is 19.3 Å². The molecule has 3 N–H and O–H groups in total. The van der Waals surface area contributed by atoms with Gasteiger partial charge in [-0.05, 0) is 61.9 Å². The van der Waals surface area contributed by atoms with Crippen LogP contribution in [0.1, 0.15) is 19.3 Å². The van der Waals surface area contributed by atoms with Gasteiger partial charge in [0.25, 0.3) is 0 Å². The van der Waals surface area contributed by atoms with E-state index in [0.717, 1.165) is 90.1 Å². The Labute approximate surface area is 221 Å². The Morgan fingerprint density at radius 3 is 2.63 bits per heavy atom. The Morgan fingerprint density at radius 2 is 1.82 bits per heavy atom. The summed E-state index contributed by atoms with van der Waals surface area (Å²) in [5.41, 5.74) is 7.96. The Morgan fingerprint density at radius 1 is 0.947 bits per heavy atom. The molecule has 3 aromatic heterocycles. The van der Waals surface area contributed by atoms with Crippen LogP contribution in [0.25, 0.3) is 44.3 Å². The van der Waals surface area contributed by atoms with E-state index in [9.17, 15) is 4.79 Å². The van der Waals surface area contributed by atoms with Crippen molar-refractivity contribution in [1.82, 2.24) is 25.1 Å². The predicted octanol–water partition coefficient (Wildman–Crippen LogP) is 5.26. The summed E-state index contributed by atoms with van der Waals surface area (Å²) in [5, 5.41) is 13.2. The molecule has 0 atom stereocenters. The Hall–Kier alpha value is -4.17. The van der Waals surface area contributed by atoms with Crippen molar-refractivity contribution in [3.05, 3.63) is 60.9 Å². The van der Waals surface area contributed by atoms with Gasteiger partial charge in [-0.25, -0.2) is 0 Å². The van der Waals surface area contributed by atoms with Gasteiger partial charge >= 0.3 is 0 Å². The Balaban J connectivity index is 1.22. The molecule has 1 aliphatic carbocycles. The number of carbonyl (C=O) groups is 1. The quantitative estimate of drug-likeness (QED) is 0.303. The van der Waals surface area contributed by atoms with E-state index in [0.29, 0.717) is 0 Å². The molecule has 0 bridgehead atoms. The molecule has 7 rings (SSSR count). The molecule has 2 aliphatic rings. The fourth-order valence-electron chi connectivity index (χ4n) is 5.57. The maximum absolute atomic E-state index is 12.4. The van der Waals surface area contributed by atoms with E-state index >= 15 is 0 Å². The summed E-state index contributed by atoms with van der Waals surface area (Å²) < 4.78 is 0. The van der Waals surface area contributed by atoms with E-state index < -0.39 is 0 Å². The van der Waals surface area contributed by atoms with E-state index in [1.807, 2.05) is 12.3 Å². The van der Waals surface area contributed by atoms with Gasteiger partial charge in [-0.1, -0.05) is 18.6 Å². The highest BCUT2D eigenvalue weighted by atomic mass is 16.1. The van der Waals surface area contributed by atoms with Crippen molar-refractivity contribution in [3.8, 4) is 22.5 Å². The number of fused-ring (bicyclic) bond motifs is 2. The summed E-state index contributed by atoms with van der Waals surface area (Å²) >= 11 is 0. The number of aromatic amines is 2. The number of carbonyl (C=O) groups excluding carboxylic acids is 1. The van der Waals surface area contributed by atoms with Gasteiger partial charge in [-0.15, -0.1) is 0 Å². The zero-order chi connectivity index (χ0) is 25.6. The Bertz CT molecular complexity index is 1640. The fraction of sp³-hybridized carbons (Fsp3) is 0.300. The van der Waals surface area contributed by atoms with Crippen LogP contribution in [0.5, 0.6) is 0 Å².